The van der Waals surface area contributed by atoms with Crippen LogP contribution in [0.4, 0.5) is 0 Å². The molecular formula is C31H58N4O6. The molecule has 0 radical (unpaired) electrons. The van der Waals surface area contributed by atoms with Crippen LogP contribution in [-0.2, 0) is 19.2 Å². The van der Waals surface area contributed by atoms with E-state index in [9.17, 15) is 29.4 Å². The molecule has 1 rings (SSSR count). The van der Waals surface area contributed by atoms with Gasteiger partial charge in [0, 0.05) is 19.4 Å². The van der Waals surface area contributed by atoms with Gasteiger partial charge in [-0.25, -0.2) is 4.79 Å². The maximum atomic E-state index is 12.8. The average Bonchev–Trinajstić information content (AvgIpc) is 3.35. The zero-order chi connectivity index (χ0) is 30.3. The van der Waals surface area contributed by atoms with Crippen molar-refractivity contribution < 1.29 is 29.4 Å². The van der Waals surface area contributed by atoms with Crippen molar-refractivity contribution in [2.75, 3.05) is 19.6 Å². The number of β-amino-alcohol motifs (C(OH)–C–C–N with tert-alkyl or cyclic N) is 1. The third-order valence-corrected chi connectivity index (χ3v) is 7.91. The minimum absolute atomic E-state index is 0.0276. The van der Waals surface area contributed by atoms with Crippen LogP contribution in [0.5, 0.6) is 0 Å². The number of nitrogens with one attached hydrogen (secondary N) is 2. The van der Waals surface area contributed by atoms with Crippen LogP contribution in [0.2, 0.25) is 0 Å². The Bertz CT molecular complexity index is 750. The Morgan fingerprint density at radius 2 is 1.37 bits per heavy atom. The molecular weight excluding hydrogens is 524 g/mol. The van der Waals surface area contributed by atoms with Gasteiger partial charge >= 0.3 is 5.97 Å². The number of carboxylic acid groups (broad SMARTS) is 1. The van der Waals surface area contributed by atoms with Crippen LogP contribution in [0.25, 0.3) is 0 Å². The second kappa shape index (κ2) is 23.4. The summed E-state index contributed by atoms with van der Waals surface area (Å²) in [6.07, 6.45) is 19.7. The molecule has 1 fully saturated rings. The molecule has 6 N–H and O–H groups in total. The molecule has 0 spiro atoms. The van der Waals surface area contributed by atoms with Crippen molar-refractivity contribution in [2.45, 2.75) is 154 Å². The highest BCUT2D eigenvalue weighted by Crippen LogP contribution is 2.19. The van der Waals surface area contributed by atoms with Gasteiger partial charge in [0.2, 0.25) is 17.7 Å². The second-order valence-electron chi connectivity index (χ2n) is 11.6. The first-order chi connectivity index (χ1) is 19.8. The molecule has 1 aliphatic rings. The third kappa shape index (κ3) is 17.4. The molecule has 2 unspecified atom stereocenters. The van der Waals surface area contributed by atoms with Gasteiger partial charge in [0.1, 0.15) is 12.1 Å². The zero-order valence-electron chi connectivity index (χ0n) is 25.5. The smallest absolute Gasteiger partial charge is 0.326 e. The number of nitrogens with two attached hydrogens (primary N) is 1. The van der Waals surface area contributed by atoms with Crippen molar-refractivity contribution in [3.63, 3.8) is 0 Å². The number of carbonyl (C=O) groups is 4. The number of aliphatic hydroxyl groups excluding tert-OH is 1. The van der Waals surface area contributed by atoms with E-state index in [2.05, 4.69) is 17.6 Å². The number of hydrogen-bond acceptors (Lipinski definition) is 6. The molecule has 10 nitrogen and oxygen atoms in total. The van der Waals surface area contributed by atoms with Gasteiger partial charge in [0.25, 0.3) is 0 Å². The minimum Gasteiger partial charge on any atom is -0.480 e. The van der Waals surface area contributed by atoms with E-state index in [1.165, 1.54) is 81.9 Å². The first kappa shape index (κ1) is 36.8. The summed E-state index contributed by atoms with van der Waals surface area (Å²) in [4.78, 5) is 50.5. The standard InChI is InChI=1S/C31H58N4O6/c1-2-3-4-5-6-7-8-9-10-11-12-13-14-15-16-20-28(37)33-23-29(38)35-24-25(36)22-27(35)30(39)34-26(31(40)41)19-17-18-21-32/h25-27,36H,2-24,32H2,1H3,(H,33,37)(H,34,39)(H,40,41)/t25?,26-,27?/m0/s1. The number of amides is 3. The Morgan fingerprint density at radius 3 is 1.88 bits per heavy atom. The lowest BCUT2D eigenvalue weighted by Gasteiger charge is -2.25. The van der Waals surface area contributed by atoms with Crippen LogP contribution in [0.3, 0.4) is 0 Å². The van der Waals surface area contributed by atoms with Gasteiger partial charge in [-0.05, 0) is 32.2 Å². The third-order valence-electron chi connectivity index (χ3n) is 7.91. The van der Waals surface area contributed by atoms with Crippen molar-refractivity contribution in [2.24, 2.45) is 5.73 Å². The highest BCUT2D eigenvalue weighted by atomic mass is 16.4. The zero-order valence-corrected chi connectivity index (χ0v) is 25.5. The summed E-state index contributed by atoms with van der Waals surface area (Å²) in [6.45, 7) is 2.40. The van der Waals surface area contributed by atoms with E-state index >= 15 is 0 Å². The molecule has 3 amide bonds. The summed E-state index contributed by atoms with van der Waals surface area (Å²) in [6, 6.07) is -2.06. The Labute approximate surface area is 247 Å². The summed E-state index contributed by atoms with van der Waals surface area (Å²) < 4.78 is 0. The van der Waals surface area contributed by atoms with Gasteiger partial charge in [0.15, 0.2) is 0 Å². The van der Waals surface area contributed by atoms with Gasteiger partial charge in [0.05, 0.1) is 12.6 Å². The fourth-order valence-electron chi connectivity index (χ4n) is 5.38. The Hall–Kier alpha value is -2.20. The molecule has 41 heavy (non-hydrogen) atoms. The monoisotopic (exact) mass is 582 g/mol. The Morgan fingerprint density at radius 1 is 0.829 bits per heavy atom. The predicted molar refractivity (Wildman–Crippen MR) is 161 cm³/mol. The van der Waals surface area contributed by atoms with Gasteiger partial charge < -0.3 is 31.5 Å². The van der Waals surface area contributed by atoms with E-state index in [4.69, 9.17) is 5.73 Å². The van der Waals surface area contributed by atoms with E-state index < -0.39 is 36.0 Å². The van der Waals surface area contributed by atoms with Gasteiger partial charge in [-0.3, -0.25) is 14.4 Å². The minimum atomic E-state index is -1.15. The molecule has 10 heteroatoms. The molecule has 1 heterocycles. The Kier molecular flexibility index (Phi) is 21.0. The number of nitrogens with zero attached hydrogens (tertiary/aromatic N) is 1. The van der Waals surface area contributed by atoms with Crippen LogP contribution in [0.15, 0.2) is 0 Å². The van der Waals surface area contributed by atoms with Crippen molar-refractivity contribution in [3.8, 4) is 0 Å². The molecule has 238 valence electrons. The van der Waals surface area contributed by atoms with E-state index in [0.717, 1.165) is 19.3 Å². The lowest BCUT2D eigenvalue weighted by Crippen LogP contribution is -2.52. The number of likely N-dealkylation sites (tertiary alicyclic amines) is 1. The largest absolute Gasteiger partial charge is 0.480 e. The number of hydrogen-bond donors (Lipinski definition) is 5. The molecule has 1 saturated heterocycles. The maximum Gasteiger partial charge on any atom is 0.326 e. The summed E-state index contributed by atoms with van der Waals surface area (Å²) in [7, 11) is 0. The quantitative estimate of drug-likeness (QED) is 0.102. The van der Waals surface area contributed by atoms with E-state index in [-0.39, 0.29) is 31.8 Å². The van der Waals surface area contributed by atoms with E-state index in [1.807, 2.05) is 0 Å². The molecule has 3 atom stereocenters. The van der Waals surface area contributed by atoms with Crippen molar-refractivity contribution in [1.29, 1.82) is 0 Å². The number of unbranched alkanes of at least 4 members (excludes halogenated alkanes) is 15. The summed E-state index contributed by atoms with van der Waals surface area (Å²) in [5.41, 5.74) is 5.46. The van der Waals surface area contributed by atoms with Gasteiger partial charge in [-0.15, -0.1) is 0 Å². The van der Waals surface area contributed by atoms with Crippen LogP contribution >= 0.6 is 0 Å². The lowest BCUT2D eigenvalue weighted by molar-refractivity contribution is -0.144. The lowest BCUT2D eigenvalue weighted by atomic mass is 10.0. The molecule has 0 aromatic rings. The molecule has 0 aromatic heterocycles. The van der Waals surface area contributed by atoms with Crippen molar-refractivity contribution >= 4 is 23.7 Å². The van der Waals surface area contributed by atoms with Crippen LogP contribution < -0.4 is 16.4 Å². The number of carboxylic acids is 1. The van der Waals surface area contributed by atoms with E-state index in [0.29, 0.717) is 25.8 Å². The highest BCUT2D eigenvalue weighted by molar-refractivity contribution is 5.92. The number of carbonyl (C=O) groups excluding carboxylic acids is 3. The number of aliphatic carboxylic acids is 1. The fraction of sp³-hybridized carbons (Fsp3) is 0.871. The normalized spacial score (nSPS) is 17.4. The topological polar surface area (TPSA) is 162 Å². The predicted octanol–water partition coefficient (Wildman–Crippen LogP) is 4.02. The first-order valence-corrected chi connectivity index (χ1v) is 16.3. The molecule has 0 aliphatic carbocycles. The summed E-state index contributed by atoms with van der Waals surface area (Å²) in [5, 5.41) is 24.6. The van der Waals surface area contributed by atoms with Gasteiger partial charge in [-0.1, -0.05) is 96.8 Å². The molecule has 0 saturated carbocycles. The summed E-state index contributed by atoms with van der Waals surface area (Å²) >= 11 is 0. The highest BCUT2D eigenvalue weighted by Gasteiger charge is 2.39. The SMILES string of the molecule is CCCCCCCCCCCCCCCCCC(=O)NCC(=O)N1CC(O)CC1C(=O)N[C@@H](CCCCN)C(=O)O. The van der Waals surface area contributed by atoms with Crippen molar-refractivity contribution in [1.82, 2.24) is 15.5 Å². The number of aliphatic hydroxyl groups is 1. The first-order valence-electron chi connectivity index (χ1n) is 16.3. The maximum absolute atomic E-state index is 12.8. The van der Waals surface area contributed by atoms with Gasteiger partial charge in [-0.2, -0.15) is 0 Å². The van der Waals surface area contributed by atoms with Crippen LogP contribution in [0, 0.1) is 0 Å². The fourth-order valence-corrected chi connectivity index (χ4v) is 5.38. The van der Waals surface area contributed by atoms with E-state index in [1.54, 1.807) is 0 Å². The number of rotatable bonds is 25. The Balaban J connectivity index is 2.18. The van der Waals surface area contributed by atoms with Crippen molar-refractivity contribution in [3.05, 3.63) is 0 Å². The molecule has 0 bridgehead atoms. The summed E-state index contributed by atoms with van der Waals surface area (Å²) in [5.74, 6) is -2.45. The van der Waals surface area contributed by atoms with Crippen LogP contribution in [-0.4, -0.2) is 76.6 Å². The molecule has 0 aromatic carbocycles. The second-order valence-corrected chi connectivity index (χ2v) is 11.6. The average molecular weight is 583 g/mol. The molecule has 1 aliphatic heterocycles. The van der Waals surface area contributed by atoms with Crippen LogP contribution in [0.1, 0.15) is 135 Å².